The van der Waals surface area contributed by atoms with E-state index < -0.39 is 0 Å². The molecule has 0 aliphatic rings. The SMILES string of the molecule is [AlH]=[S].[CH2]C. The van der Waals surface area contributed by atoms with Crippen molar-refractivity contribution in [2.24, 2.45) is 0 Å². The van der Waals surface area contributed by atoms with Gasteiger partial charge in [0.15, 0.2) is 0 Å². The summed E-state index contributed by atoms with van der Waals surface area (Å²) in [4.78, 5) is 0. The van der Waals surface area contributed by atoms with Gasteiger partial charge >= 0.3 is 25.1 Å². The van der Waals surface area contributed by atoms with Crippen LogP contribution in [0.5, 0.6) is 0 Å². The molecule has 0 bridgehead atoms. The van der Waals surface area contributed by atoms with E-state index in [1.54, 1.807) is 6.92 Å². The Morgan fingerprint density at radius 2 is 1.50 bits per heavy atom. The van der Waals surface area contributed by atoms with E-state index in [0.717, 1.165) is 0 Å². The zero-order chi connectivity index (χ0) is 4.00. The maximum atomic E-state index is 4.11. The second-order valence-corrected chi connectivity index (χ2v) is 0. The molecule has 0 amide bonds. The van der Waals surface area contributed by atoms with Crippen LogP contribution in [0.3, 0.4) is 0 Å². The van der Waals surface area contributed by atoms with Crippen LogP contribution in [0.25, 0.3) is 0 Å². The first-order valence-corrected chi connectivity index (χ1v) is 3.31. The maximum Gasteiger partial charge on any atom is -0.0564 e. The predicted molar refractivity (Wildman–Crippen MR) is 25.8 cm³/mol. The van der Waals surface area contributed by atoms with Gasteiger partial charge in [0.1, 0.15) is 0 Å². The van der Waals surface area contributed by atoms with Crippen molar-refractivity contribution in [3.05, 3.63) is 6.92 Å². The van der Waals surface area contributed by atoms with Crippen molar-refractivity contribution in [2.45, 2.75) is 6.92 Å². The van der Waals surface area contributed by atoms with Crippen LogP contribution < -0.4 is 0 Å². The van der Waals surface area contributed by atoms with Gasteiger partial charge in [-0.05, 0) is 0 Å². The second kappa shape index (κ2) is 50.2. The van der Waals surface area contributed by atoms with E-state index in [4.69, 9.17) is 0 Å². The summed E-state index contributed by atoms with van der Waals surface area (Å²) >= 11 is 1.44. The Labute approximate surface area is 39.5 Å². The van der Waals surface area contributed by atoms with Crippen molar-refractivity contribution in [1.82, 2.24) is 0 Å². The molecule has 0 aromatic carbocycles. The zero-order valence-corrected chi connectivity index (χ0v) is 5.05. The molecular formula is C2H6AlS. The molecule has 0 aromatic rings. The monoisotopic (exact) mass is 89.0 g/mol. The van der Waals surface area contributed by atoms with Crippen LogP contribution in [0.1, 0.15) is 6.92 Å². The first-order valence-electron chi connectivity index (χ1n) is 0.996. The van der Waals surface area contributed by atoms with E-state index >= 15 is 0 Å². The van der Waals surface area contributed by atoms with Crippen LogP contribution in [0.15, 0.2) is 0 Å². The Morgan fingerprint density at radius 1 is 1.50 bits per heavy atom. The third kappa shape index (κ3) is 14.9. The van der Waals surface area contributed by atoms with Crippen molar-refractivity contribution in [2.75, 3.05) is 0 Å². The van der Waals surface area contributed by atoms with E-state index in [2.05, 4.69) is 17.4 Å². The van der Waals surface area contributed by atoms with E-state index in [1.807, 2.05) is 0 Å². The van der Waals surface area contributed by atoms with Gasteiger partial charge in [-0.2, -0.15) is 0 Å². The van der Waals surface area contributed by atoms with E-state index in [0.29, 0.717) is 0 Å². The van der Waals surface area contributed by atoms with Gasteiger partial charge in [-0.25, -0.2) is 0 Å². The van der Waals surface area contributed by atoms with Crippen LogP contribution in [-0.4, -0.2) is 14.6 Å². The van der Waals surface area contributed by atoms with Gasteiger partial charge in [0.25, 0.3) is 0 Å². The molecule has 0 nitrogen and oxygen atoms in total. The normalized spacial score (nSPS) is 2.25. The Bertz CT molecular complexity index is 6.00. The van der Waals surface area contributed by atoms with Gasteiger partial charge in [0.05, 0.1) is 0 Å². The minimum atomic E-state index is 1.44. The van der Waals surface area contributed by atoms with Crippen LogP contribution in [-0.2, 0) is 0 Å². The topological polar surface area (TPSA) is 0 Å². The van der Waals surface area contributed by atoms with Crippen molar-refractivity contribution in [3.63, 3.8) is 0 Å². The molecule has 0 aliphatic carbocycles. The smallest absolute Gasteiger partial charge is 0.0564 e. The molecule has 1 radical (unpaired) electrons. The van der Waals surface area contributed by atoms with Crippen LogP contribution >= 0.6 is 10.5 Å². The van der Waals surface area contributed by atoms with Gasteiger partial charge in [-0.3, -0.25) is 0 Å². The summed E-state index contributed by atoms with van der Waals surface area (Å²) in [6.45, 7) is 5.00. The average molecular weight is 89.1 g/mol. The quantitative estimate of drug-likeness (QED) is 0.396. The second-order valence-electron chi connectivity index (χ2n) is 0. The summed E-state index contributed by atoms with van der Waals surface area (Å²) in [5.74, 6) is 0. The molecule has 2 heteroatoms. The average Bonchev–Trinajstić information content (AvgIpc) is 1.50. The summed E-state index contributed by atoms with van der Waals surface area (Å²) in [6, 6.07) is 0. The molecule has 4 heavy (non-hydrogen) atoms. The van der Waals surface area contributed by atoms with Crippen LogP contribution in [0, 0.1) is 6.92 Å². The predicted octanol–water partition coefficient (Wildman–Crippen LogP) is 0.840. The molecule has 0 aliphatic heterocycles. The van der Waals surface area contributed by atoms with Crippen molar-refractivity contribution in [1.29, 1.82) is 0 Å². The molecule has 0 rings (SSSR count). The van der Waals surface area contributed by atoms with Gasteiger partial charge in [0, 0.05) is 0 Å². The molecular weight excluding hydrogens is 83.1 g/mol. The number of rotatable bonds is 0. The van der Waals surface area contributed by atoms with Crippen LogP contribution in [0.4, 0.5) is 0 Å². The molecule has 0 unspecified atom stereocenters. The largest absolute Gasteiger partial charge is 0.0654 e. The number of hydrogen-bond donors (Lipinski definition) is 0. The summed E-state index contributed by atoms with van der Waals surface area (Å²) < 4.78 is 0. The summed E-state index contributed by atoms with van der Waals surface area (Å²) in [5.41, 5.74) is 0. The fourth-order valence-corrected chi connectivity index (χ4v) is 0. The minimum absolute atomic E-state index is 1.44. The van der Waals surface area contributed by atoms with E-state index in [9.17, 15) is 0 Å². The maximum absolute atomic E-state index is 4.11. The van der Waals surface area contributed by atoms with Gasteiger partial charge in [-0.15, -0.1) is 0 Å². The van der Waals surface area contributed by atoms with Crippen molar-refractivity contribution < 1.29 is 0 Å². The summed E-state index contributed by atoms with van der Waals surface area (Å²) in [5, 5.41) is 0. The fourth-order valence-electron chi connectivity index (χ4n) is 0. The van der Waals surface area contributed by atoms with Crippen molar-refractivity contribution in [3.8, 4) is 0 Å². The Kier molecular flexibility index (Phi) is 111. The Morgan fingerprint density at radius 3 is 1.50 bits per heavy atom. The molecule has 0 aromatic heterocycles. The van der Waals surface area contributed by atoms with Crippen molar-refractivity contribution >= 4 is 25.1 Å². The molecule has 0 saturated carbocycles. The molecule has 0 fully saturated rings. The Balaban J connectivity index is 0. The molecule has 0 heterocycles. The van der Waals surface area contributed by atoms with Gasteiger partial charge in [-0.1, -0.05) is 13.8 Å². The summed E-state index contributed by atoms with van der Waals surface area (Å²) in [6.07, 6.45) is 0. The first-order chi connectivity index (χ1) is 2.00. The number of hydrogen-bond acceptors (Lipinski definition) is 1. The standard InChI is InChI=1S/C2H5.Al.S.H/c1-2;;;/h1H2,2H3;;;. The summed E-state index contributed by atoms with van der Waals surface area (Å²) in [7, 11) is 4.11. The molecule has 0 N–H and O–H groups in total. The van der Waals surface area contributed by atoms with E-state index in [-0.39, 0.29) is 0 Å². The molecule has 0 atom stereocenters. The molecule has 23 valence electrons. The molecule has 0 spiro atoms. The first kappa shape index (κ1) is 8.83. The van der Waals surface area contributed by atoms with Crippen LogP contribution in [0.2, 0.25) is 0 Å². The third-order valence-electron chi connectivity index (χ3n) is 0. The Hall–Kier alpha value is 0.752. The fraction of sp³-hybridized carbons (Fsp3) is 0.500. The van der Waals surface area contributed by atoms with Gasteiger partial charge < -0.3 is 0 Å². The zero-order valence-electron chi connectivity index (χ0n) is 2.82. The van der Waals surface area contributed by atoms with E-state index in [1.165, 1.54) is 14.6 Å². The third-order valence-corrected chi connectivity index (χ3v) is 0. The minimum Gasteiger partial charge on any atom is -0.0654 e. The van der Waals surface area contributed by atoms with Gasteiger partial charge in [0.2, 0.25) is 0 Å². The molecule has 0 saturated heterocycles.